The molecule has 2 rings (SSSR count). The quantitative estimate of drug-likeness (QED) is 0.574. The highest BCUT2D eigenvalue weighted by molar-refractivity contribution is 9.10. The third kappa shape index (κ3) is 4.87. The lowest BCUT2D eigenvalue weighted by molar-refractivity contribution is 0.331. The zero-order valence-corrected chi connectivity index (χ0v) is 18.4. The molecule has 0 aliphatic rings. The Hall–Kier alpha value is -2.02. The molecular formula is C16H19BrN2O7S2. The van der Waals surface area contributed by atoms with Crippen LogP contribution < -0.4 is 24.1 Å². The molecule has 2 aromatic rings. The van der Waals surface area contributed by atoms with E-state index in [2.05, 4.69) is 20.7 Å². The van der Waals surface area contributed by atoms with E-state index in [4.69, 9.17) is 19.3 Å². The molecule has 0 saturated carbocycles. The van der Waals surface area contributed by atoms with Crippen LogP contribution in [0.2, 0.25) is 0 Å². The number of hydrogen-bond donors (Lipinski definition) is 2. The van der Waals surface area contributed by atoms with Crippen molar-refractivity contribution in [2.24, 2.45) is 5.14 Å². The van der Waals surface area contributed by atoms with Crippen molar-refractivity contribution in [2.45, 2.75) is 16.7 Å². The number of rotatable bonds is 8. The van der Waals surface area contributed by atoms with Gasteiger partial charge in [0.2, 0.25) is 10.0 Å². The Morgan fingerprint density at radius 3 is 2.11 bits per heavy atom. The van der Waals surface area contributed by atoms with Gasteiger partial charge in [0, 0.05) is 10.5 Å². The van der Waals surface area contributed by atoms with Gasteiger partial charge < -0.3 is 14.2 Å². The fourth-order valence-corrected chi connectivity index (χ4v) is 5.11. The topological polar surface area (TPSA) is 134 Å². The summed E-state index contributed by atoms with van der Waals surface area (Å²) >= 11 is 3.19. The minimum atomic E-state index is -4.13. The van der Waals surface area contributed by atoms with Crippen molar-refractivity contribution in [1.29, 1.82) is 0 Å². The molecule has 0 amide bonds. The van der Waals surface area contributed by atoms with E-state index in [0.29, 0.717) is 5.75 Å². The van der Waals surface area contributed by atoms with Gasteiger partial charge in [-0.25, -0.2) is 22.0 Å². The maximum atomic E-state index is 12.8. The van der Waals surface area contributed by atoms with Crippen LogP contribution in [0.1, 0.15) is 6.92 Å². The Labute approximate surface area is 172 Å². The SMILES string of the molecule is CCOc1ccc(NS(=O)(=O)c2cc(OC)c(OC)cc2Br)cc1S(N)(=O)=O. The van der Waals surface area contributed by atoms with Crippen molar-refractivity contribution < 1.29 is 31.0 Å². The third-order valence-corrected chi connectivity index (χ3v) is 6.80. The average molecular weight is 495 g/mol. The average Bonchev–Trinajstić information content (AvgIpc) is 2.61. The normalized spacial score (nSPS) is 11.8. The first-order chi connectivity index (χ1) is 13.0. The van der Waals surface area contributed by atoms with Gasteiger partial charge in [0.25, 0.3) is 10.0 Å². The summed E-state index contributed by atoms with van der Waals surface area (Å²) in [5, 5.41) is 5.20. The Morgan fingerprint density at radius 2 is 1.57 bits per heavy atom. The predicted molar refractivity (Wildman–Crippen MR) is 107 cm³/mol. The minimum absolute atomic E-state index is 0.00540. The molecule has 0 spiro atoms. The van der Waals surface area contributed by atoms with Gasteiger partial charge in [-0.3, -0.25) is 4.72 Å². The van der Waals surface area contributed by atoms with Crippen LogP contribution in [0.3, 0.4) is 0 Å². The van der Waals surface area contributed by atoms with Gasteiger partial charge >= 0.3 is 0 Å². The number of anilines is 1. The first kappa shape index (κ1) is 22.3. The highest BCUT2D eigenvalue weighted by atomic mass is 79.9. The van der Waals surface area contributed by atoms with Crippen LogP contribution in [-0.4, -0.2) is 37.7 Å². The molecule has 2 aromatic carbocycles. The maximum absolute atomic E-state index is 12.8. The van der Waals surface area contributed by atoms with E-state index in [1.807, 2.05) is 0 Å². The van der Waals surface area contributed by atoms with Gasteiger partial charge in [-0.05, 0) is 47.1 Å². The number of methoxy groups -OCH3 is 2. The zero-order chi connectivity index (χ0) is 21.1. The lowest BCUT2D eigenvalue weighted by Gasteiger charge is -2.15. The molecule has 0 unspecified atom stereocenters. The number of hydrogen-bond acceptors (Lipinski definition) is 7. The molecule has 0 radical (unpaired) electrons. The zero-order valence-electron chi connectivity index (χ0n) is 15.2. The van der Waals surface area contributed by atoms with Crippen molar-refractivity contribution in [1.82, 2.24) is 0 Å². The number of primary sulfonamides is 1. The van der Waals surface area contributed by atoms with E-state index >= 15 is 0 Å². The van der Waals surface area contributed by atoms with Crippen LogP contribution in [0.4, 0.5) is 5.69 Å². The van der Waals surface area contributed by atoms with Gasteiger partial charge in [0.1, 0.15) is 15.5 Å². The molecule has 0 saturated heterocycles. The fourth-order valence-electron chi connectivity index (χ4n) is 2.32. The number of halogens is 1. The van der Waals surface area contributed by atoms with Crippen LogP contribution in [0, 0.1) is 0 Å². The van der Waals surface area contributed by atoms with Crippen LogP contribution in [0.15, 0.2) is 44.6 Å². The molecule has 0 fully saturated rings. The number of nitrogens with two attached hydrogens (primary N) is 1. The molecule has 0 heterocycles. The lowest BCUT2D eigenvalue weighted by Crippen LogP contribution is -2.17. The van der Waals surface area contributed by atoms with Crippen LogP contribution in [0.25, 0.3) is 0 Å². The smallest absolute Gasteiger partial charge is 0.263 e. The second-order valence-corrected chi connectivity index (χ2v) is 9.42. The second kappa shape index (κ2) is 8.55. The van der Waals surface area contributed by atoms with Crippen molar-refractivity contribution in [2.75, 3.05) is 25.5 Å². The molecule has 0 atom stereocenters. The summed E-state index contributed by atoms with van der Waals surface area (Å²) in [7, 11) is -5.43. The Bertz CT molecular complexity index is 1090. The predicted octanol–water partition coefficient (Wildman–Crippen LogP) is 2.31. The number of benzene rings is 2. The van der Waals surface area contributed by atoms with E-state index in [0.717, 1.165) is 6.07 Å². The first-order valence-electron chi connectivity index (χ1n) is 7.77. The largest absolute Gasteiger partial charge is 0.493 e. The summed E-state index contributed by atoms with van der Waals surface area (Å²) in [5.41, 5.74) is -0.00540. The van der Waals surface area contributed by atoms with Gasteiger partial charge in [0.15, 0.2) is 11.5 Å². The van der Waals surface area contributed by atoms with Crippen molar-refractivity contribution in [3.05, 3.63) is 34.8 Å². The monoisotopic (exact) mass is 494 g/mol. The third-order valence-electron chi connectivity index (χ3n) is 3.53. The summed E-state index contributed by atoms with van der Waals surface area (Å²) < 4.78 is 67.3. The van der Waals surface area contributed by atoms with Crippen molar-refractivity contribution in [3.8, 4) is 17.2 Å². The standard InChI is InChI=1S/C16H19BrN2O7S2/c1-4-26-12-6-5-10(7-16(12)27(18,20)21)19-28(22,23)15-9-14(25-3)13(24-2)8-11(15)17/h5-9,19H,4H2,1-3H3,(H2,18,20,21). The summed E-state index contributed by atoms with van der Waals surface area (Å²) in [6.45, 7) is 1.89. The Morgan fingerprint density at radius 1 is 0.964 bits per heavy atom. The molecular weight excluding hydrogens is 476 g/mol. The van der Waals surface area contributed by atoms with E-state index in [-0.39, 0.29) is 38.1 Å². The molecule has 9 nitrogen and oxygen atoms in total. The number of ether oxygens (including phenoxy) is 3. The maximum Gasteiger partial charge on any atom is 0.263 e. The summed E-state index contributed by atoms with van der Waals surface area (Å²) in [4.78, 5) is -0.461. The minimum Gasteiger partial charge on any atom is -0.493 e. The first-order valence-corrected chi connectivity index (χ1v) is 11.6. The molecule has 0 bridgehead atoms. The lowest BCUT2D eigenvalue weighted by atomic mass is 10.3. The molecule has 12 heteroatoms. The highest BCUT2D eigenvalue weighted by Gasteiger charge is 2.23. The van der Waals surface area contributed by atoms with E-state index < -0.39 is 20.0 Å². The van der Waals surface area contributed by atoms with E-state index in [9.17, 15) is 16.8 Å². The molecule has 0 aliphatic heterocycles. The summed E-state index contributed by atoms with van der Waals surface area (Å²) in [6, 6.07) is 6.50. The molecule has 28 heavy (non-hydrogen) atoms. The van der Waals surface area contributed by atoms with Crippen LogP contribution in [-0.2, 0) is 20.0 Å². The molecule has 154 valence electrons. The summed E-state index contributed by atoms with van der Waals surface area (Å²) in [5.74, 6) is 0.578. The number of sulfonamides is 2. The van der Waals surface area contributed by atoms with Gasteiger partial charge in [-0.15, -0.1) is 0 Å². The van der Waals surface area contributed by atoms with Gasteiger partial charge in [-0.1, -0.05) is 0 Å². The van der Waals surface area contributed by atoms with Gasteiger partial charge in [-0.2, -0.15) is 0 Å². The van der Waals surface area contributed by atoms with Crippen LogP contribution >= 0.6 is 15.9 Å². The molecule has 0 aliphatic carbocycles. The number of nitrogens with one attached hydrogen (secondary N) is 1. The van der Waals surface area contributed by atoms with E-state index in [1.165, 1.54) is 38.5 Å². The second-order valence-electron chi connectivity index (χ2n) is 5.38. The Kier molecular flexibility index (Phi) is 6.80. The molecule has 0 aromatic heterocycles. The van der Waals surface area contributed by atoms with Gasteiger partial charge in [0.05, 0.1) is 26.5 Å². The Balaban J connectivity index is 2.50. The molecule has 3 N–H and O–H groups in total. The van der Waals surface area contributed by atoms with E-state index in [1.54, 1.807) is 6.92 Å². The van der Waals surface area contributed by atoms with Crippen LogP contribution in [0.5, 0.6) is 17.2 Å². The summed E-state index contributed by atoms with van der Waals surface area (Å²) in [6.07, 6.45) is 0. The fraction of sp³-hybridized carbons (Fsp3) is 0.250. The highest BCUT2D eigenvalue weighted by Crippen LogP contribution is 2.36. The van der Waals surface area contributed by atoms with Crippen molar-refractivity contribution >= 4 is 41.7 Å². The van der Waals surface area contributed by atoms with Crippen molar-refractivity contribution in [3.63, 3.8) is 0 Å².